The lowest BCUT2D eigenvalue weighted by molar-refractivity contribution is 0.0598. The summed E-state index contributed by atoms with van der Waals surface area (Å²) in [5, 5.41) is 9.98. The van der Waals surface area contributed by atoms with E-state index in [9.17, 15) is 9.90 Å². The fourth-order valence-electron chi connectivity index (χ4n) is 2.80. The zero-order chi connectivity index (χ0) is 17.7. The van der Waals surface area contributed by atoms with Crippen LogP contribution in [0.4, 0.5) is 0 Å². The Labute approximate surface area is 143 Å². The number of hydrogen-bond acceptors (Lipinski definition) is 4. The molecule has 2 bridgehead atoms. The van der Waals surface area contributed by atoms with Crippen LogP contribution in [0, 0.1) is 17.8 Å². The van der Waals surface area contributed by atoms with Crippen molar-refractivity contribution in [2.24, 2.45) is 5.92 Å². The number of esters is 1. The topological polar surface area (TPSA) is 59.7 Å². The van der Waals surface area contributed by atoms with Crippen molar-refractivity contribution in [1.29, 1.82) is 0 Å². The van der Waals surface area contributed by atoms with E-state index in [2.05, 4.69) is 18.4 Å². The highest BCUT2D eigenvalue weighted by Gasteiger charge is 2.22. The molecule has 2 heterocycles. The standard InChI is InChI=1S/C20H24O4/c1-13(2)15-7-5-6-8-16(21)9-14(3)10-17-12-18(20(22)23-4)19(11-15)24-17/h10,12,15-16,21H,1,5,7,9,11H2,2-4H3/b14-10+. The molecule has 0 radical (unpaired) electrons. The van der Waals surface area contributed by atoms with Crippen LogP contribution in [-0.2, 0) is 11.2 Å². The number of methoxy groups -OCH3 is 1. The summed E-state index contributed by atoms with van der Waals surface area (Å²) in [4.78, 5) is 12.0. The first-order valence-corrected chi connectivity index (χ1v) is 8.10. The van der Waals surface area contributed by atoms with E-state index in [1.165, 1.54) is 7.11 Å². The van der Waals surface area contributed by atoms with Gasteiger partial charge in [-0.25, -0.2) is 4.79 Å². The van der Waals surface area contributed by atoms with Crippen molar-refractivity contribution in [1.82, 2.24) is 0 Å². The molecule has 2 rings (SSSR count). The molecule has 4 nitrogen and oxygen atoms in total. The molecule has 2 unspecified atom stereocenters. The van der Waals surface area contributed by atoms with Gasteiger partial charge in [-0.1, -0.05) is 23.6 Å². The molecule has 1 N–H and O–H groups in total. The summed E-state index contributed by atoms with van der Waals surface area (Å²) in [5.41, 5.74) is 2.41. The van der Waals surface area contributed by atoms with E-state index in [-0.39, 0.29) is 5.92 Å². The quantitative estimate of drug-likeness (QED) is 0.510. The van der Waals surface area contributed by atoms with Gasteiger partial charge in [0.05, 0.1) is 7.11 Å². The fourth-order valence-corrected chi connectivity index (χ4v) is 2.80. The Hall–Kier alpha value is -2.25. The minimum atomic E-state index is -0.695. The Bertz CT molecular complexity index is 712. The molecule has 0 spiro atoms. The van der Waals surface area contributed by atoms with Gasteiger partial charge in [-0.05, 0) is 38.3 Å². The highest BCUT2D eigenvalue weighted by Crippen LogP contribution is 2.27. The van der Waals surface area contributed by atoms with Crippen LogP contribution in [0.15, 0.2) is 28.2 Å². The Morgan fingerprint density at radius 2 is 2.21 bits per heavy atom. The van der Waals surface area contributed by atoms with Gasteiger partial charge in [0.1, 0.15) is 23.2 Å². The molecule has 0 saturated carbocycles. The normalized spacial score (nSPS) is 23.4. The van der Waals surface area contributed by atoms with E-state index < -0.39 is 12.1 Å². The van der Waals surface area contributed by atoms with Crippen molar-refractivity contribution in [2.45, 2.75) is 45.6 Å². The summed E-state index contributed by atoms with van der Waals surface area (Å²) in [6.07, 6.45) is 3.63. The Kier molecular flexibility index (Phi) is 6.05. The van der Waals surface area contributed by atoms with Gasteiger partial charge < -0.3 is 14.3 Å². The van der Waals surface area contributed by atoms with E-state index in [4.69, 9.17) is 9.15 Å². The predicted octanol–water partition coefficient (Wildman–Crippen LogP) is 3.75. The fraction of sp³-hybridized carbons (Fsp3) is 0.450. The molecule has 1 aliphatic heterocycles. The molecule has 4 heteroatoms. The molecule has 1 aromatic rings. The molecule has 0 fully saturated rings. The minimum absolute atomic E-state index is 0.157. The van der Waals surface area contributed by atoms with Crippen LogP contribution in [0.3, 0.4) is 0 Å². The first kappa shape index (κ1) is 18.1. The lowest BCUT2D eigenvalue weighted by atomic mass is 9.91. The number of carbonyl (C=O) groups is 1. The van der Waals surface area contributed by atoms with Crippen LogP contribution < -0.4 is 0 Å². The summed E-state index contributed by atoms with van der Waals surface area (Å²) in [7, 11) is 1.36. The number of aliphatic hydroxyl groups excluding tert-OH is 1. The molecule has 0 amide bonds. The highest BCUT2D eigenvalue weighted by molar-refractivity contribution is 5.91. The summed E-state index contributed by atoms with van der Waals surface area (Å²) >= 11 is 0. The van der Waals surface area contributed by atoms with Gasteiger partial charge >= 0.3 is 5.97 Å². The number of rotatable bonds is 2. The average Bonchev–Trinajstić information content (AvgIpc) is 2.91. The number of allylic oxidation sites excluding steroid dienone is 1. The van der Waals surface area contributed by atoms with Crippen LogP contribution in [0.2, 0.25) is 0 Å². The van der Waals surface area contributed by atoms with E-state index in [1.54, 1.807) is 6.07 Å². The molecular weight excluding hydrogens is 304 g/mol. The minimum Gasteiger partial charge on any atom is -0.465 e. The number of furan rings is 1. The Balaban J connectivity index is 2.45. The maximum Gasteiger partial charge on any atom is 0.341 e. The second kappa shape index (κ2) is 8.03. The van der Waals surface area contributed by atoms with Gasteiger partial charge in [0.2, 0.25) is 0 Å². The third kappa shape index (κ3) is 4.62. The van der Waals surface area contributed by atoms with Crippen molar-refractivity contribution in [3.8, 4) is 11.8 Å². The Morgan fingerprint density at radius 1 is 1.46 bits per heavy atom. The molecule has 0 aliphatic carbocycles. The summed E-state index contributed by atoms with van der Waals surface area (Å²) in [6, 6.07) is 1.70. The molecule has 1 aromatic heterocycles. The largest absolute Gasteiger partial charge is 0.465 e. The lowest BCUT2D eigenvalue weighted by Gasteiger charge is -2.15. The van der Waals surface area contributed by atoms with Crippen molar-refractivity contribution in [3.63, 3.8) is 0 Å². The third-order valence-electron chi connectivity index (χ3n) is 4.15. The first-order chi connectivity index (χ1) is 11.4. The molecule has 0 aromatic carbocycles. The second-order valence-electron chi connectivity index (χ2n) is 6.30. The second-order valence-corrected chi connectivity index (χ2v) is 6.30. The predicted molar refractivity (Wildman–Crippen MR) is 93.3 cm³/mol. The number of fused-ring (bicyclic) bond motifs is 2. The van der Waals surface area contributed by atoms with Crippen molar-refractivity contribution >= 4 is 12.0 Å². The maximum absolute atomic E-state index is 12.0. The summed E-state index contributed by atoms with van der Waals surface area (Å²) < 4.78 is 10.8. The van der Waals surface area contributed by atoms with E-state index in [0.717, 1.165) is 17.6 Å². The van der Waals surface area contributed by atoms with E-state index >= 15 is 0 Å². The van der Waals surface area contributed by atoms with Crippen LogP contribution in [0.5, 0.6) is 0 Å². The third-order valence-corrected chi connectivity index (χ3v) is 4.15. The molecule has 24 heavy (non-hydrogen) atoms. The zero-order valence-corrected chi connectivity index (χ0v) is 14.5. The van der Waals surface area contributed by atoms with Gasteiger partial charge in [-0.3, -0.25) is 0 Å². The van der Waals surface area contributed by atoms with Crippen LogP contribution in [0.25, 0.3) is 6.08 Å². The van der Waals surface area contributed by atoms with Crippen molar-refractivity contribution < 1.29 is 19.1 Å². The van der Waals surface area contributed by atoms with Gasteiger partial charge in [0.15, 0.2) is 0 Å². The molecule has 0 saturated heterocycles. The SMILES string of the molecule is C=C(C)C1CCC#CC(O)C/C(C)=C/c2cc(C(=O)OC)c(o2)C1. The van der Waals surface area contributed by atoms with Gasteiger partial charge in [0, 0.05) is 19.3 Å². The highest BCUT2D eigenvalue weighted by atomic mass is 16.5. The number of aliphatic hydroxyl groups is 1. The van der Waals surface area contributed by atoms with Crippen LogP contribution in [-0.4, -0.2) is 24.3 Å². The summed E-state index contributed by atoms with van der Waals surface area (Å²) in [6.45, 7) is 7.92. The van der Waals surface area contributed by atoms with Crippen molar-refractivity contribution in [2.75, 3.05) is 7.11 Å². The lowest BCUT2D eigenvalue weighted by Crippen LogP contribution is -2.09. The average molecular weight is 328 g/mol. The molecule has 2 atom stereocenters. The van der Waals surface area contributed by atoms with E-state index in [0.29, 0.717) is 36.3 Å². The van der Waals surface area contributed by atoms with Gasteiger partial charge in [-0.2, -0.15) is 0 Å². The van der Waals surface area contributed by atoms with Gasteiger partial charge in [-0.15, -0.1) is 5.92 Å². The monoisotopic (exact) mass is 328 g/mol. The number of hydrogen-bond donors (Lipinski definition) is 1. The maximum atomic E-state index is 12.0. The number of ether oxygens (including phenoxy) is 1. The number of carbonyl (C=O) groups excluding carboxylic acids is 1. The van der Waals surface area contributed by atoms with Gasteiger partial charge in [0.25, 0.3) is 0 Å². The molecule has 128 valence electrons. The summed E-state index contributed by atoms with van der Waals surface area (Å²) in [5.74, 6) is 6.87. The van der Waals surface area contributed by atoms with Crippen LogP contribution in [0.1, 0.15) is 55.0 Å². The van der Waals surface area contributed by atoms with Crippen LogP contribution >= 0.6 is 0 Å². The molecule has 1 aliphatic rings. The first-order valence-electron chi connectivity index (χ1n) is 8.10. The smallest absolute Gasteiger partial charge is 0.341 e. The van der Waals surface area contributed by atoms with Crippen molar-refractivity contribution in [3.05, 3.63) is 40.9 Å². The van der Waals surface area contributed by atoms with E-state index in [1.807, 2.05) is 19.9 Å². The zero-order valence-electron chi connectivity index (χ0n) is 14.5. The molecular formula is C20H24O4. The Morgan fingerprint density at radius 3 is 2.88 bits per heavy atom.